The number of nitrogens with one attached hydrogen (secondary N) is 1. The predicted molar refractivity (Wildman–Crippen MR) is 93.1 cm³/mol. The van der Waals surface area contributed by atoms with Gasteiger partial charge in [0.25, 0.3) is 0 Å². The van der Waals surface area contributed by atoms with Crippen LogP contribution in [0, 0.1) is 11.8 Å². The molecule has 25 heavy (non-hydrogen) atoms. The van der Waals surface area contributed by atoms with Crippen molar-refractivity contribution in [1.29, 1.82) is 0 Å². The van der Waals surface area contributed by atoms with Crippen LogP contribution in [0.25, 0.3) is 0 Å². The van der Waals surface area contributed by atoms with Crippen LogP contribution in [0.2, 0.25) is 5.15 Å². The normalized spacial score (nSPS) is 19.9. The first-order valence-corrected chi connectivity index (χ1v) is 8.33. The fourth-order valence-electron chi connectivity index (χ4n) is 3.07. The Kier molecular flexibility index (Phi) is 5.18. The van der Waals surface area contributed by atoms with Gasteiger partial charge in [0.05, 0.1) is 11.8 Å². The first kappa shape index (κ1) is 17.6. The smallest absolute Gasteiger partial charge is 0.387 e. The molecule has 1 N–H and O–H groups in total. The summed E-state index contributed by atoms with van der Waals surface area (Å²) in [5, 5.41) is 4.94. The lowest BCUT2D eigenvalue weighted by atomic mass is 9.80. The van der Waals surface area contributed by atoms with Gasteiger partial charge in [-0.05, 0) is 47.4 Å². The molecule has 2 aromatic rings. The van der Waals surface area contributed by atoms with Crippen molar-refractivity contribution in [1.82, 2.24) is 10.4 Å². The van der Waals surface area contributed by atoms with Crippen LogP contribution in [0.4, 0.5) is 8.78 Å². The topological polar surface area (TPSA) is 46.5 Å². The van der Waals surface area contributed by atoms with Gasteiger partial charge in [0.15, 0.2) is 0 Å². The molecule has 3 rings (SSSR count). The van der Waals surface area contributed by atoms with Crippen LogP contribution in [0.1, 0.15) is 31.0 Å². The molecule has 0 spiro atoms. The van der Waals surface area contributed by atoms with Crippen LogP contribution in [0.15, 0.2) is 47.7 Å². The Bertz CT molecular complexity index is 748. The van der Waals surface area contributed by atoms with Crippen molar-refractivity contribution in [2.24, 2.45) is 16.9 Å². The van der Waals surface area contributed by atoms with Crippen LogP contribution < -0.4 is 10.2 Å². The average Bonchev–Trinajstić information content (AvgIpc) is 3.01. The third kappa shape index (κ3) is 3.90. The van der Waals surface area contributed by atoms with E-state index in [1.807, 2.05) is 6.07 Å². The number of pyridine rings is 1. The van der Waals surface area contributed by atoms with Crippen molar-refractivity contribution in [3.05, 3.63) is 58.9 Å². The molecular formula is C18H18ClF2N3O. The van der Waals surface area contributed by atoms with Gasteiger partial charge >= 0.3 is 6.61 Å². The Morgan fingerprint density at radius 1 is 1.12 bits per heavy atom. The number of ether oxygens (including phenoxy) is 1. The highest BCUT2D eigenvalue weighted by Gasteiger charge is 2.35. The minimum absolute atomic E-state index is 0.0169. The minimum atomic E-state index is -2.83. The molecule has 2 heterocycles. The maximum atomic E-state index is 12.3. The second kappa shape index (κ2) is 7.35. The summed E-state index contributed by atoms with van der Waals surface area (Å²) in [5.74, 6) is 0.557. The molecular weight excluding hydrogens is 348 g/mol. The summed E-state index contributed by atoms with van der Waals surface area (Å²) >= 11 is 5.87. The molecule has 1 aliphatic rings. The predicted octanol–water partition coefficient (Wildman–Crippen LogP) is 4.66. The summed E-state index contributed by atoms with van der Waals surface area (Å²) in [4.78, 5) is 4.14. The van der Waals surface area contributed by atoms with E-state index in [4.69, 9.17) is 11.6 Å². The van der Waals surface area contributed by atoms with Crippen molar-refractivity contribution in [3.8, 4) is 5.75 Å². The highest BCUT2D eigenvalue weighted by atomic mass is 35.5. The average molecular weight is 366 g/mol. The highest BCUT2D eigenvalue weighted by molar-refractivity contribution is 6.29. The lowest BCUT2D eigenvalue weighted by Gasteiger charge is -2.24. The van der Waals surface area contributed by atoms with Crippen molar-refractivity contribution >= 4 is 17.3 Å². The Morgan fingerprint density at radius 2 is 1.84 bits per heavy atom. The molecule has 1 aromatic heterocycles. The highest BCUT2D eigenvalue weighted by Crippen LogP contribution is 2.35. The molecule has 0 radical (unpaired) electrons. The number of hydrazone groups is 1. The molecule has 7 heteroatoms. The molecule has 0 aliphatic carbocycles. The van der Waals surface area contributed by atoms with E-state index in [0.717, 1.165) is 16.8 Å². The maximum Gasteiger partial charge on any atom is 0.387 e. The number of benzene rings is 1. The van der Waals surface area contributed by atoms with E-state index >= 15 is 0 Å². The summed E-state index contributed by atoms with van der Waals surface area (Å²) in [6.07, 6.45) is 1.74. The molecule has 4 nitrogen and oxygen atoms in total. The number of alkyl halides is 2. The SMILES string of the molecule is CC(C)C1C(c2ccc(OC(F)F)cc2)=NNC1c1ccc(Cl)nc1. The van der Waals surface area contributed by atoms with E-state index in [2.05, 4.69) is 34.1 Å². The van der Waals surface area contributed by atoms with Gasteiger partial charge < -0.3 is 10.2 Å². The van der Waals surface area contributed by atoms with Gasteiger partial charge in [0.1, 0.15) is 10.9 Å². The number of hydrogen-bond acceptors (Lipinski definition) is 4. The fourth-order valence-corrected chi connectivity index (χ4v) is 3.18. The number of nitrogens with zero attached hydrogens (tertiary/aromatic N) is 2. The zero-order valence-corrected chi connectivity index (χ0v) is 14.5. The lowest BCUT2D eigenvalue weighted by molar-refractivity contribution is -0.0498. The first-order chi connectivity index (χ1) is 12.0. The van der Waals surface area contributed by atoms with Crippen LogP contribution in [0.3, 0.4) is 0 Å². The number of aromatic nitrogens is 1. The van der Waals surface area contributed by atoms with Gasteiger partial charge in [-0.15, -0.1) is 0 Å². The second-order valence-corrected chi connectivity index (χ2v) is 6.58. The van der Waals surface area contributed by atoms with Crippen molar-refractivity contribution in [3.63, 3.8) is 0 Å². The number of halogens is 3. The quantitative estimate of drug-likeness (QED) is 0.784. The molecule has 1 aromatic carbocycles. The van der Waals surface area contributed by atoms with Crippen molar-refractivity contribution in [2.45, 2.75) is 26.5 Å². The summed E-state index contributed by atoms with van der Waals surface area (Å²) in [5.41, 5.74) is 5.93. The van der Waals surface area contributed by atoms with E-state index in [9.17, 15) is 8.78 Å². The molecule has 0 saturated heterocycles. The van der Waals surface area contributed by atoms with E-state index in [1.165, 1.54) is 12.1 Å². The standard InChI is InChI=1S/C18H18ClF2N3O/c1-10(2)15-16(11-3-6-13(7-4-11)25-18(20)21)23-24-17(15)12-5-8-14(19)22-9-12/h3-10,15,17-18,24H,1-2H3. The molecule has 1 aliphatic heterocycles. The summed E-state index contributed by atoms with van der Waals surface area (Å²) in [6.45, 7) is 1.41. The van der Waals surface area contributed by atoms with Gasteiger partial charge in [-0.25, -0.2) is 4.98 Å². The zero-order valence-electron chi connectivity index (χ0n) is 13.8. The molecule has 0 saturated carbocycles. The molecule has 0 bridgehead atoms. The van der Waals surface area contributed by atoms with E-state index in [1.54, 1.807) is 24.4 Å². The van der Waals surface area contributed by atoms with Crippen LogP contribution in [-0.4, -0.2) is 17.3 Å². The maximum absolute atomic E-state index is 12.3. The lowest BCUT2D eigenvalue weighted by Crippen LogP contribution is -2.26. The third-order valence-electron chi connectivity index (χ3n) is 4.20. The van der Waals surface area contributed by atoms with Crippen molar-refractivity contribution in [2.75, 3.05) is 0 Å². The Morgan fingerprint density at radius 3 is 2.40 bits per heavy atom. The molecule has 2 atom stereocenters. The summed E-state index contributed by atoms with van der Waals surface area (Å²) in [7, 11) is 0. The van der Waals surface area contributed by atoms with E-state index in [-0.39, 0.29) is 17.7 Å². The largest absolute Gasteiger partial charge is 0.435 e. The minimum Gasteiger partial charge on any atom is -0.435 e. The third-order valence-corrected chi connectivity index (χ3v) is 4.43. The van der Waals surface area contributed by atoms with Gasteiger partial charge in [-0.2, -0.15) is 13.9 Å². The van der Waals surface area contributed by atoms with Crippen LogP contribution in [-0.2, 0) is 0 Å². The monoisotopic (exact) mass is 365 g/mol. The summed E-state index contributed by atoms with van der Waals surface area (Å²) in [6, 6.07) is 10.2. The zero-order chi connectivity index (χ0) is 18.0. The number of rotatable bonds is 5. The van der Waals surface area contributed by atoms with Gasteiger partial charge in [0, 0.05) is 12.1 Å². The molecule has 0 amide bonds. The molecule has 2 unspecified atom stereocenters. The summed E-state index contributed by atoms with van der Waals surface area (Å²) < 4.78 is 29.0. The van der Waals surface area contributed by atoms with E-state index < -0.39 is 6.61 Å². The molecule has 132 valence electrons. The van der Waals surface area contributed by atoms with Crippen LogP contribution >= 0.6 is 11.6 Å². The first-order valence-electron chi connectivity index (χ1n) is 7.95. The number of hydrogen-bond donors (Lipinski definition) is 1. The van der Waals surface area contributed by atoms with Gasteiger partial charge in [0.2, 0.25) is 0 Å². The van der Waals surface area contributed by atoms with Crippen molar-refractivity contribution < 1.29 is 13.5 Å². The Labute approximate surface area is 149 Å². The van der Waals surface area contributed by atoms with E-state index in [0.29, 0.717) is 11.1 Å². The molecule has 0 fully saturated rings. The Balaban J connectivity index is 1.85. The fraction of sp³-hybridized carbons (Fsp3) is 0.333. The van der Waals surface area contributed by atoms with Gasteiger partial charge in [-0.3, -0.25) is 0 Å². The van der Waals surface area contributed by atoms with Gasteiger partial charge in [-0.1, -0.05) is 31.5 Å². The Hall–Kier alpha value is -2.21. The van der Waals surface area contributed by atoms with Crippen LogP contribution in [0.5, 0.6) is 5.75 Å². The second-order valence-electron chi connectivity index (χ2n) is 6.19.